The van der Waals surface area contributed by atoms with E-state index in [0.29, 0.717) is 29.4 Å². The van der Waals surface area contributed by atoms with Gasteiger partial charge >= 0.3 is 6.09 Å². The molecule has 7 nitrogen and oxygen atoms in total. The lowest BCUT2D eigenvalue weighted by Gasteiger charge is -2.32. The van der Waals surface area contributed by atoms with E-state index in [0.717, 1.165) is 55.6 Å². The Balaban J connectivity index is 1.57. The van der Waals surface area contributed by atoms with E-state index in [4.69, 9.17) is 17.9 Å². The van der Waals surface area contributed by atoms with Gasteiger partial charge in [-0.1, -0.05) is 12.1 Å². The van der Waals surface area contributed by atoms with Gasteiger partial charge < -0.3 is 20.1 Å². The van der Waals surface area contributed by atoms with E-state index in [1.165, 1.54) is 5.56 Å². The van der Waals surface area contributed by atoms with Gasteiger partial charge in [0.2, 0.25) is 0 Å². The van der Waals surface area contributed by atoms with Crippen molar-refractivity contribution in [1.29, 1.82) is 0 Å². The van der Waals surface area contributed by atoms with Crippen molar-refractivity contribution in [2.75, 3.05) is 25.5 Å². The molecule has 194 valence electrons. The summed E-state index contributed by atoms with van der Waals surface area (Å²) >= 11 is 0. The number of carbonyl (C=O) groups is 1. The van der Waals surface area contributed by atoms with E-state index in [1.54, 1.807) is 18.3 Å². The molecule has 0 saturated carbocycles. The molecule has 1 amide bonds. The first-order valence-electron chi connectivity index (χ1n) is 14.0. The summed E-state index contributed by atoms with van der Waals surface area (Å²) in [5, 5.41) is 0. The first-order valence-corrected chi connectivity index (χ1v) is 13.0. The van der Waals surface area contributed by atoms with Crippen LogP contribution in [0.25, 0.3) is 22.3 Å². The Morgan fingerprint density at radius 3 is 2.54 bits per heavy atom. The molecule has 1 aromatic carbocycles. The zero-order valence-corrected chi connectivity index (χ0v) is 21.8. The third kappa shape index (κ3) is 5.62. The van der Waals surface area contributed by atoms with E-state index in [-0.39, 0.29) is 24.5 Å². The molecule has 3 aromatic rings. The summed E-state index contributed by atoms with van der Waals surface area (Å²) in [4.78, 5) is 23.4. The summed E-state index contributed by atoms with van der Waals surface area (Å²) in [5.74, 6) is 0.696. The van der Waals surface area contributed by atoms with Gasteiger partial charge in [0.25, 0.3) is 0 Å². The Hall–Kier alpha value is -3.45. The maximum absolute atomic E-state index is 13.2. The second-order valence-electron chi connectivity index (χ2n) is 10.8. The highest BCUT2D eigenvalue weighted by atomic mass is 16.6. The predicted molar refractivity (Wildman–Crippen MR) is 145 cm³/mol. The van der Waals surface area contributed by atoms with Gasteiger partial charge in [0, 0.05) is 49.4 Å². The number of nitrogens with zero attached hydrogens (tertiary/aromatic N) is 3. The largest absolute Gasteiger partial charge is 0.444 e. The van der Waals surface area contributed by atoms with E-state index < -0.39 is 5.60 Å². The van der Waals surface area contributed by atoms with Crippen molar-refractivity contribution in [3.05, 3.63) is 66.1 Å². The van der Waals surface area contributed by atoms with Gasteiger partial charge in [0.05, 0.1) is 8.78 Å². The van der Waals surface area contributed by atoms with Crippen LogP contribution >= 0.6 is 0 Å². The van der Waals surface area contributed by atoms with E-state index >= 15 is 0 Å². The molecule has 0 bridgehead atoms. The first kappa shape index (κ1) is 22.7. The number of amides is 1. The van der Waals surface area contributed by atoms with Crippen molar-refractivity contribution in [3.63, 3.8) is 0 Å². The van der Waals surface area contributed by atoms with Gasteiger partial charge in [-0.2, -0.15) is 0 Å². The normalized spacial score (nSPS) is 19.4. The van der Waals surface area contributed by atoms with Crippen LogP contribution in [0.2, 0.25) is 0 Å². The number of aromatic nitrogens is 2. The second kappa shape index (κ2) is 10.5. The third-order valence-corrected chi connectivity index (χ3v) is 7.12. The molecule has 2 aromatic heterocycles. The fourth-order valence-electron chi connectivity index (χ4n) is 5.35. The van der Waals surface area contributed by atoms with Gasteiger partial charge in [-0.3, -0.25) is 4.98 Å². The minimum absolute atomic E-state index is 0.00821. The molecule has 2 fully saturated rings. The summed E-state index contributed by atoms with van der Waals surface area (Å²) in [6, 6.07) is 11.5. The van der Waals surface area contributed by atoms with Crippen LogP contribution in [-0.4, -0.2) is 46.3 Å². The van der Waals surface area contributed by atoms with Crippen LogP contribution in [0.15, 0.2) is 54.9 Å². The molecule has 0 spiro atoms. The average Bonchev–Trinajstić information content (AvgIpc) is 3.38. The molecular weight excluding hydrogens is 464 g/mol. The number of carbonyl (C=O) groups excluding carboxylic acids is 1. The van der Waals surface area contributed by atoms with Crippen molar-refractivity contribution >= 4 is 11.9 Å². The Bertz CT molecular complexity index is 1350. The van der Waals surface area contributed by atoms with Crippen LogP contribution in [0.1, 0.15) is 72.3 Å². The maximum Gasteiger partial charge on any atom is 0.410 e. The fourth-order valence-corrected chi connectivity index (χ4v) is 5.35. The lowest BCUT2D eigenvalue weighted by atomic mass is 9.83. The van der Waals surface area contributed by atoms with Crippen molar-refractivity contribution in [3.8, 4) is 22.3 Å². The van der Waals surface area contributed by atoms with Crippen molar-refractivity contribution < 1.29 is 17.0 Å². The molecule has 0 unspecified atom stereocenters. The molecule has 1 atom stereocenters. The van der Waals surface area contributed by atoms with Crippen LogP contribution < -0.4 is 5.73 Å². The van der Waals surface area contributed by atoms with Gasteiger partial charge in [-0.15, -0.1) is 0 Å². The van der Waals surface area contributed by atoms with Gasteiger partial charge in [0.1, 0.15) is 11.4 Å². The summed E-state index contributed by atoms with van der Waals surface area (Å²) < 4.78 is 27.3. The number of anilines is 1. The highest BCUT2D eigenvalue weighted by Crippen LogP contribution is 2.42. The number of hydrogen-bond acceptors (Lipinski definition) is 6. The lowest BCUT2D eigenvalue weighted by Crippen LogP contribution is -2.36. The molecule has 0 aliphatic carbocycles. The summed E-state index contributed by atoms with van der Waals surface area (Å²) in [7, 11) is 0. The SMILES string of the molecule is [2H]c1cc(-c2cc(-c3ccc(C4CCOCC4)c([C@@H]4CCCN4C(=O)OC(C)(C)C)c3)cnc2N)cc([2H])n1. The minimum atomic E-state index is -0.563. The zero-order valence-electron chi connectivity index (χ0n) is 23.8. The number of ether oxygens (including phenoxy) is 2. The van der Waals surface area contributed by atoms with Crippen molar-refractivity contribution in [2.45, 2.75) is 64.0 Å². The highest BCUT2D eigenvalue weighted by molar-refractivity contribution is 5.79. The van der Waals surface area contributed by atoms with Crippen LogP contribution in [0, 0.1) is 0 Å². The number of likely N-dealkylation sites (tertiary alicyclic amines) is 1. The standard InChI is InChI=1S/C30H36N4O3/c1-30(2,3)37-29(35)34-14-4-5-27(34)26-17-22(6-7-24(26)21-10-15-36-16-11-21)23-18-25(28(31)33-19-23)20-8-12-32-13-9-20/h6-9,12-13,17-19,21,27H,4-5,10-11,14-16H2,1-3H3,(H2,31,33)/t27-/m0/s1/i12D,13D. The topological polar surface area (TPSA) is 90.6 Å². The second-order valence-corrected chi connectivity index (χ2v) is 10.8. The van der Waals surface area contributed by atoms with Crippen molar-refractivity contribution in [2.24, 2.45) is 0 Å². The van der Waals surface area contributed by atoms with Gasteiger partial charge in [-0.05, 0) is 98.9 Å². The third-order valence-electron chi connectivity index (χ3n) is 7.12. The van der Waals surface area contributed by atoms with Gasteiger partial charge in [-0.25, -0.2) is 9.78 Å². The molecule has 4 heterocycles. The van der Waals surface area contributed by atoms with Crippen LogP contribution in [0.3, 0.4) is 0 Å². The Morgan fingerprint density at radius 1 is 1.05 bits per heavy atom. The Kier molecular flexibility index (Phi) is 6.45. The summed E-state index contributed by atoms with van der Waals surface area (Å²) in [5.41, 5.74) is 11.2. The number of benzene rings is 1. The van der Waals surface area contributed by atoms with Crippen molar-refractivity contribution in [1.82, 2.24) is 14.9 Å². The Morgan fingerprint density at radius 2 is 1.81 bits per heavy atom. The summed E-state index contributed by atoms with van der Waals surface area (Å²) in [6.07, 6.45) is 5.18. The molecular formula is C30H36N4O3. The number of rotatable bonds is 4. The molecule has 2 N–H and O–H groups in total. The number of pyridine rings is 2. The number of nitrogen functional groups attached to an aromatic ring is 1. The quantitative estimate of drug-likeness (QED) is 0.446. The molecule has 2 saturated heterocycles. The van der Waals surface area contributed by atoms with E-state index in [9.17, 15) is 4.79 Å². The lowest BCUT2D eigenvalue weighted by molar-refractivity contribution is 0.0222. The number of hydrogen-bond donors (Lipinski definition) is 1. The molecule has 0 radical (unpaired) electrons. The fraction of sp³-hybridized carbons (Fsp3) is 0.433. The molecule has 2 aliphatic heterocycles. The molecule has 37 heavy (non-hydrogen) atoms. The zero-order chi connectivity index (χ0) is 27.7. The monoisotopic (exact) mass is 502 g/mol. The summed E-state index contributed by atoms with van der Waals surface area (Å²) in [6.45, 7) is 7.82. The smallest absolute Gasteiger partial charge is 0.410 e. The van der Waals surface area contributed by atoms with Crippen LogP contribution in [-0.2, 0) is 9.47 Å². The number of nitrogens with two attached hydrogens (primary N) is 1. The molecule has 2 aliphatic rings. The van der Waals surface area contributed by atoms with Crippen LogP contribution in [0.5, 0.6) is 0 Å². The van der Waals surface area contributed by atoms with Gasteiger partial charge in [0.15, 0.2) is 0 Å². The van der Waals surface area contributed by atoms with E-state index in [1.807, 2.05) is 31.7 Å². The average molecular weight is 503 g/mol. The highest BCUT2D eigenvalue weighted by Gasteiger charge is 2.35. The maximum atomic E-state index is 13.2. The Labute approximate surface area is 221 Å². The first-order chi connectivity index (χ1) is 18.6. The van der Waals surface area contributed by atoms with Crippen LogP contribution in [0.4, 0.5) is 10.6 Å². The molecule has 5 rings (SSSR count). The predicted octanol–water partition coefficient (Wildman–Crippen LogP) is 6.36. The molecule has 7 heteroatoms. The minimum Gasteiger partial charge on any atom is -0.444 e. The van der Waals surface area contributed by atoms with E-state index in [2.05, 4.69) is 28.2 Å².